The van der Waals surface area contributed by atoms with Crippen LogP contribution in [0.25, 0.3) is 11.1 Å². The number of fused-ring (bicyclic) bond motifs is 1. The molecule has 2 aromatic carbocycles. The predicted molar refractivity (Wildman–Crippen MR) is 106 cm³/mol. The van der Waals surface area contributed by atoms with Gasteiger partial charge in [0.05, 0.1) is 13.2 Å². The smallest absolute Gasteiger partial charge is 0.440 e. The highest BCUT2D eigenvalue weighted by Gasteiger charge is 2.31. The largest absolute Gasteiger partial charge is 0.573 e. The van der Waals surface area contributed by atoms with E-state index in [1.54, 1.807) is 16.7 Å². The average Bonchev–Trinajstić information content (AvgIpc) is 3.18. The van der Waals surface area contributed by atoms with E-state index in [0.717, 1.165) is 16.7 Å². The monoisotopic (exact) mass is 449 g/mol. The van der Waals surface area contributed by atoms with Crippen molar-refractivity contribution >= 4 is 5.82 Å². The third-order valence-electron chi connectivity index (χ3n) is 4.83. The van der Waals surface area contributed by atoms with E-state index in [0.29, 0.717) is 26.2 Å². The Bertz CT molecular complexity index is 1080. The molecule has 0 N–H and O–H groups in total. The van der Waals surface area contributed by atoms with Gasteiger partial charge in [0.2, 0.25) is 0 Å². The van der Waals surface area contributed by atoms with Crippen molar-refractivity contribution in [2.24, 2.45) is 0 Å². The summed E-state index contributed by atoms with van der Waals surface area (Å²) in [6, 6.07) is 13.3. The van der Waals surface area contributed by atoms with Gasteiger partial charge in [-0.25, -0.2) is 0 Å². The van der Waals surface area contributed by atoms with Crippen LogP contribution in [0.3, 0.4) is 0 Å². The summed E-state index contributed by atoms with van der Waals surface area (Å²) in [5.74, 6) is -0.516. The van der Waals surface area contributed by atoms with Crippen molar-refractivity contribution in [3.8, 4) is 22.9 Å². The fraction of sp³-hybridized carbons (Fsp3) is 0.286. The third kappa shape index (κ3) is 5.35. The molecule has 1 unspecified atom stereocenters. The van der Waals surface area contributed by atoms with Crippen molar-refractivity contribution in [2.75, 3.05) is 6.61 Å². The zero-order chi connectivity index (χ0) is 22.7. The molecule has 1 atom stereocenters. The maximum Gasteiger partial charge on any atom is 0.573 e. The summed E-state index contributed by atoms with van der Waals surface area (Å²) in [6.07, 6.45) is -2.97. The molecule has 168 valence electrons. The topological polar surface area (TPSA) is 88.7 Å². The molecule has 3 aromatic rings. The summed E-state index contributed by atoms with van der Waals surface area (Å²) in [7, 11) is 0. The van der Waals surface area contributed by atoms with E-state index in [1.807, 2.05) is 24.3 Å². The molecular formula is C21H18F3N3O5. The molecule has 1 aliphatic heterocycles. The van der Waals surface area contributed by atoms with Crippen molar-refractivity contribution < 1.29 is 32.3 Å². The minimum absolute atomic E-state index is 0.215. The first-order valence-electron chi connectivity index (χ1n) is 9.68. The number of alkyl halides is 3. The van der Waals surface area contributed by atoms with Gasteiger partial charge >= 0.3 is 18.2 Å². The lowest BCUT2D eigenvalue weighted by Gasteiger charge is -2.21. The van der Waals surface area contributed by atoms with E-state index in [-0.39, 0.29) is 23.7 Å². The van der Waals surface area contributed by atoms with Crippen LogP contribution >= 0.6 is 0 Å². The molecular weight excluding hydrogens is 431 g/mol. The predicted octanol–water partition coefficient (Wildman–Crippen LogP) is 4.72. The quantitative estimate of drug-likeness (QED) is 0.383. The number of nitrogens with zero attached hydrogens (tertiary/aromatic N) is 3. The molecule has 8 nitrogen and oxygen atoms in total. The maximum atomic E-state index is 12.3. The van der Waals surface area contributed by atoms with Crippen LogP contribution in [0.1, 0.15) is 12.0 Å². The minimum Gasteiger partial charge on any atom is -0.440 e. The Hall–Kier alpha value is -3.60. The van der Waals surface area contributed by atoms with E-state index >= 15 is 0 Å². The molecule has 0 spiro atoms. The Morgan fingerprint density at radius 3 is 2.41 bits per heavy atom. The Kier molecular flexibility index (Phi) is 5.99. The highest BCUT2D eigenvalue weighted by molar-refractivity contribution is 5.64. The number of rotatable bonds is 7. The standard InChI is InChI=1S/C21H18F3N3O5/c22-21(23,24)32-17-7-5-16(6-8-17)15-3-1-14(2-4-15)12-30-13-18-9-10-26-11-19(27(28)29)25-20(26)31-18/h1-8,11,18H,9-10,12-13H2. The second kappa shape index (κ2) is 8.87. The van der Waals surface area contributed by atoms with Crippen LogP contribution in [0.2, 0.25) is 0 Å². The van der Waals surface area contributed by atoms with Crippen LogP contribution in [-0.4, -0.2) is 33.5 Å². The van der Waals surface area contributed by atoms with Gasteiger partial charge in [-0.3, -0.25) is 4.57 Å². The lowest BCUT2D eigenvalue weighted by atomic mass is 10.0. The molecule has 0 saturated carbocycles. The molecule has 1 aromatic heterocycles. The van der Waals surface area contributed by atoms with E-state index in [4.69, 9.17) is 9.47 Å². The SMILES string of the molecule is O=[N+]([O-])c1cn2c(n1)OC(COCc1ccc(-c3ccc(OC(F)(F)F)cc3)cc1)CC2. The number of halogens is 3. The van der Waals surface area contributed by atoms with Gasteiger partial charge in [-0.15, -0.1) is 13.2 Å². The number of ether oxygens (including phenoxy) is 3. The summed E-state index contributed by atoms with van der Waals surface area (Å²) < 4.78 is 53.6. The molecule has 0 saturated heterocycles. The Morgan fingerprint density at radius 2 is 1.78 bits per heavy atom. The molecule has 0 fully saturated rings. The highest BCUT2D eigenvalue weighted by Crippen LogP contribution is 2.27. The zero-order valence-electron chi connectivity index (χ0n) is 16.6. The van der Waals surface area contributed by atoms with Gasteiger partial charge in [0.1, 0.15) is 18.1 Å². The van der Waals surface area contributed by atoms with Gasteiger partial charge < -0.3 is 24.3 Å². The first-order chi connectivity index (χ1) is 15.3. The molecule has 2 heterocycles. The number of aryl methyl sites for hydroxylation is 1. The van der Waals surface area contributed by atoms with Crippen LogP contribution in [0.5, 0.6) is 11.8 Å². The number of hydrogen-bond acceptors (Lipinski definition) is 6. The third-order valence-corrected chi connectivity index (χ3v) is 4.83. The number of aromatic nitrogens is 2. The molecule has 0 aliphatic carbocycles. The van der Waals surface area contributed by atoms with Crippen molar-refractivity contribution in [1.29, 1.82) is 0 Å². The van der Waals surface area contributed by atoms with Crippen molar-refractivity contribution in [3.63, 3.8) is 0 Å². The number of hydrogen-bond donors (Lipinski definition) is 0. The summed E-state index contributed by atoms with van der Waals surface area (Å²) in [6.45, 7) is 1.21. The number of benzene rings is 2. The summed E-state index contributed by atoms with van der Waals surface area (Å²) >= 11 is 0. The van der Waals surface area contributed by atoms with Crippen molar-refractivity contribution in [3.05, 3.63) is 70.4 Å². The van der Waals surface area contributed by atoms with Crippen LogP contribution < -0.4 is 9.47 Å². The fourth-order valence-corrected chi connectivity index (χ4v) is 3.29. The lowest BCUT2D eigenvalue weighted by Crippen LogP contribution is -2.30. The van der Waals surface area contributed by atoms with E-state index in [9.17, 15) is 23.3 Å². The fourth-order valence-electron chi connectivity index (χ4n) is 3.29. The first-order valence-corrected chi connectivity index (χ1v) is 9.68. The van der Waals surface area contributed by atoms with E-state index < -0.39 is 11.3 Å². The zero-order valence-corrected chi connectivity index (χ0v) is 16.6. The molecule has 0 bridgehead atoms. The Balaban J connectivity index is 1.27. The molecule has 0 amide bonds. The first kappa shape index (κ1) is 21.6. The second-order valence-electron chi connectivity index (χ2n) is 7.14. The number of imidazole rings is 1. The summed E-state index contributed by atoms with van der Waals surface area (Å²) in [4.78, 5) is 14.1. The molecule has 0 radical (unpaired) electrons. The van der Waals surface area contributed by atoms with E-state index in [2.05, 4.69) is 9.72 Å². The molecule has 1 aliphatic rings. The molecule has 32 heavy (non-hydrogen) atoms. The van der Waals surface area contributed by atoms with Gasteiger partial charge in [0.15, 0.2) is 0 Å². The summed E-state index contributed by atoms with van der Waals surface area (Å²) in [5.41, 5.74) is 2.52. The Morgan fingerprint density at radius 1 is 1.12 bits per heavy atom. The molecule has 4 rings (SSSR count). The van der Waals surface area contributed by atoms with Gasteiger partial charge in [-0.2, -0.15) is 0 Å². The van der Waals surface area contributed by atoms with Crippen LogP contribution in [-0.2, 0) is 17.9 Å². The lowest BCUT2D eigenvalue weighted by molar-refractivity contribution is -0.389. The minimum atomic E-state index is -4.72. The summed E-state index contributed by atoms with van der Waals surface area (Å²) in [5, 5.41) is 10.8. The second-order valence-corrected chi connectivity index (χ2v) is 7.14. The van der Waals surface area contributed by atoms with Gasteiger partial charge in [-0.05, 0) is 33.7 Å². The van der Waals surface area contributed by atoms with Crippen LogP contribution in [0.4, 0.5) is 19.0 Å². The van der Waals surface area contributed by atoms with Gasteiger partial charge in [0, 0.05) is 17.9 Å². The normalized spacial score (nSPS) is 15.7. The van der Waals surface area contributed by atoms with Crippen molar-refractivity contribution in [2.45, 2.75) is 32.0 Å². The molecule has 11 heteroatoms. The van der Waals surface area contributed by atoms with Crippen LogP contribution in [0, 0.1) is 10.1 Å². The van der Waals surface area contributed by atoms with Gasteiger partial charge in [-0.1, -0.05) is 36.4 Å². The average molecular weight is 449 g/mol. The number of nitro groups is 1. The van der Waals surface area contributed by atoms with Crippen molar-refractivity contribution in [1.82, 2.24) is 9.55 Å². The maximum absolute atomic E-state index is 12.3. The van der Waals surface area contributed by atoms with E-state index in [1.165, 1.54) is 18.3 Å². The highest BCUT2D eigenvalue weighted by atomic mass is 19.4. The van der Waals surface area contributed by atoms with Crippen LogP contribution in [0.15, 0.2) is 54.7 Å². The van der Waals surface area contributed by atoms with Gasteiger partial charge in [0.25, 0.3) is 0 Å². The Labute approximate surface area is 180 Å².